The van der Waals surface area contributed by atoms with Gasteiger partial charge in [0, 0.05) is 25.3 Å². The Kier molecular flexibility index (Phi) is 18.2. The maximum absolute atomic E-state index is 13.7. The second-order valence-electron chi connectivity index (χ2n) is 17.3. The van der Waals surface area contributed by atoms with Gasteiger partial charge in [0.1, 0.15) is 53.8 Å². The van der Waals surface area contributed by atoms with Gasteiger partial charge in [-0.15, -0.1) is 0 Å². The van der Waals surface area contributed by atoms with E-state index in [4.69, 9.17) is 5.73 Å². The lowest BCUT2D eigenvalue weighted by molar-refractivity contribution is -0.135. The summed E-state index contributed by atoms with van der Waals surface area (Å²) in [4.78, 5) is 118. The second-order valence-corrected chi connectivity index (χ2v) is 17.3. The summed E-state index contributed by atoms with van der Waals surface area (Å²) in [5.74, 6) is -6.78. The number of nitrogens with zero attached hydrogens (tertiary/aromatic N) is 1. The van der Waals surface area contributed by atoms with Crippen LogP contribution >= 0.6 is 0 Å². The van der Waals surface area contributed by atoms with Gasteiger partial charge >= 0.3 is 6.09 Å². The molecule has 0 aromatic heterocycles. The van der Waals surface area contributed by atoms with Gasteiger partial charge in [-0.05, 0) is 92.3 Å². The van der Waals surface area contributed by atoms with Crippen LogP contribution in [0.1, 0.15) is 62.8 Å². The summed E-state index contributed by atoms with van der Waals surface area (Å²) in [6.45, 7) is 6.14. The van der Waals surface area contributed by atoms with Crippen molar-refractivity contribution in [3.63, 3.8) is 0 Å². The summed E-state index contributed by atoms with van der Waals surface area (Å²) < 4.78 is 0. The number of phenols is 2. The van der Waals surface area contributed by atoms with Crippen molar-refractivity contribution in [3.05, 3.63) is 119 Å². The number of carboxylic acid groups (broad SMARTS) is 1. The summed E-state index contributed by atoms with van der Waals surface area (Å²) in [7, 11) is 0. The number of nitrogens with one attached hydrogen (secondary N) is 7. The first kappa shape index (κ1) is 53.5. The number of carbonyl (C=O) groups is 9. The lowest BCUT2D eigenvalue weighted by atomic mass is 9.96. The van der Waals surface area contributed by atoms with Gasteiger partial charge in [0.2, 0.25) is 47.3 Å². The Labute approximate surface area is 409 Å². The van der Waals surface area contributed by atoms with Crippen LogP contribution in [-0.2, 0) is 51.2 Å². The summed E-state index contributed by atoms with van der Waals surface area (Å²) >= 11 is 0. The molecular weight excluding hydrogens is 919 g/mol. The van der Waals surface area contributed by atoms with Crippen LogP contribution in [0.5, 0.6) is 11.5 Å². The summed E-state index contributed by atoms with van der Waals surface area (Å²) in [6, 6.07) is 18.3. The number of fused-ring (bicyclic) bond motifs is 3. The van der Waals surface area contributed by atoms with Crippen LogP contribution in [0.3, 0.4) is 0 Å². The average molecular weight is 978 g/mol. The van der Waals surface area contributed by atoms with Crippen molar-refractivity contribution in [2.45, 2.75) is 95.7 Å². The van der Waals surface area contributed by atoms with Crippen molar-refractivity contribution in [2.24, 2.45) is 5.73 Å². The molecule has 1 aliphatic carbocycles. The highest BCUT2D eigenvalue weighted by Crippen LogP contribution is 2.45. The van der Waals surface area contributed by atoms with E-state index < -0.39 is 102 Å². The molecule has 1 aliphatic rings. The highest BCUT2D eigenvalue weighted by Gasteiger charge is 2.36. The minimum atomic E-state index is -1.35. The van der Waals surface area contributed by atoms with Crippen LogP contribution in [0.25, 0.3) is 11.1 Å². The second kappa shape index (κ2) is 24.2. The molecule has 0 spiro atoms. The molecule has 9 amide bonds. The molecule has 0 unspecified atom stereocenters. The van der Waals surface area contributed by atoms with E-state index in [1.54, 1.807) is 12.1 Å². The molecule has 0 saturated carbocycles. The number of primary amides is 1. The molecule has 21 nitrogen and oxygen atoms in total. The monoisotopic (exact) mass is 977 g/mol. The van der Waals surface area contributed by atoms with Crippen LogP contribution in [0.2, 0.25) is 0 Å². The van der Waals surface area contributed by atoms with Gasteiger partial charge in [0.05, 0.1) is 6.54 Å². The van der Waals surface area contributed by atoms with E-state index in [0.717, 1.165) is 27.2 Å². The number of phenolic OH excluding ortho intramolecular Hbond substituents is 2. The van der Waals surface area contributed by atoms with E-state index in [1.807, 2.05) is 48.5 Å². The van der Waals surface area contributed by atoms with Crippen molar-refractivity contribution in [3.8, 4) is 22.6 Å². The largest absolute Gasteiger partial charge is 0.508 e. The smallest absolute Gasteiger partial charge is 0.408 e. The van der Waals surface area contributed by atoms with Gasteiger partial charge in [0.15, 0.2) is 0 Å². The molecule has 0 heterocycles. The Balaban J connectivity index is 1.13. The molecule has 376 valence electrons. The zero-order valence-electron chi connectivity index (χ0n) is 39.7. The third-order valence-corrected chi connectivity index (χ3v) is 11.9. The van der Waals surface area contributed by atoms with Gasteiger partial charge in [-0.2, -0.15) is 0 Å². The molecule has 4 aromatic carbocycles. The van der Waals surface area contributed by atoms with Crippen molar-refractivity contribution < 1.29 is 58.5 Å². The lowest BCUT2D eigenvalue weighted by Crippen LogP contribution is -2.59. The van der Waals surface area contributed by atoms with Gasteiger partial charge in [-0.3, -0.25) is 43.3 Å². The maximum atomic E-state index is 13.7. The fourth-order valence-corrected chi connectivity index (χ4v) is 7.81. The van der Waals surface area contributed by atoms with Crippen LogP contribution < -0.4 is 43.0 Å². The lowest BCUT2D eigenvalue weighted by Gasteiger charge is -2.30. The van der Waals surface area contributed by atoms with Gasteiger partial charge < -0.3 is 58.3 Å². The fourth-order valence-electron chi connectivity index (χ4n) is 7.81. The minimum Gasteiger partial charge on any atom is -0.508 e. The SMILES string of the molecule is C[C@H](NC(=O)[C@H](C)NC(=O)[C@H](Cc1ccc(O)cc1)NC(=O)[C@H](C)NC(=O)[C@H](C)NC(=O)[C@H](C)N(CC1c2ccccc2-c2ccccc21)C(=O)O)C(=O)NCC(=O)N[C@@H](Cc1ccc(O)cc1)C(N)=O. The van der Waals surface area contributed by atoms with Crippen molar-refractivity contribution in [1.29, 1.82) is 0 Å². The van der Waals surface area contributed by atoms with E-state index in [2.05, 4.69) is 37.2 Å². The fraction of sp³-hybridized carbons (Fsp3) is 0.340. The highest BCUT2D eigenvalue weighted by molar-refractivity contribution is 5.97. The third-order valence-electron chi connectivity index (χ3n) is 11.9. The first-order valence-corrected chi connectivity index (χ1v) is 22.7. The van der Waals surface area contributed by atoms with Crippen LogP contribution in [0.15, 0.2) is 97.1 Å². The predicted molar refractivity (Wildman–Crippen MR) is 258 cm³/mol. The van der Waals surface area contributed by atoms with Crippen molar-refractivity contribution in [1.82, 2.24) is 42.1 Å². The molecule has 0 aliphatic heterocycles. The zero-order valence-corrected chi connectivity index (χ0v) is 39.7. The molecule has 0 bridgehead atoms. The van der Waals surface area contributed by atoms with Gasteiger partial charge in [0.25, 0.3) is 0 Å². The van der Waals surface area contributed by atoms with E-state index in [0.29, 0.717) is 11.1 Å². The number of benzene rings is 4. The molecule has 7 atom stereocenters. The summed E-state index contributed by atoms with van der Waals surface area (Å²) in [5, 5.41) is 46.8. The number of hydrogen-bond donors (Lipinski definition) is 11. The molecule has 0 fully saturated rings. The predicted octanol–water partition coefficient (Wildman–Crippen LogP) is 0.654. The molecule has 0 saturated heterocycles. The molecule has 5 rings (SSSR count). The molecule has 4 aromatic rings. The Morgan fingerprint density at radius 3 is 1.39 bits per heavy atom. The number of carbonyl (C=O) groups excluding carboxylic acids is 8. The number of aromatic hydroxyl groups is 2. The maximum Gasteiger partial charge on any atom is 0.408 e. The van der Waals surface area contributed by atoms with E-state index in [1.165, 1.54) is 71.0 Å². The normalized spacial score (nSPS) is 14.5. The number of nitrogens with two attached hydrogens (primary N) is 1. The Hall–Kier alpha value is -8.49. The first-order chi connectivity index (χ1) is 33.6. The zero-order chi connectivity index (χ0) is 52.1. The van der Waals surface area contributed by atoms with E-state index >= 15 is 0 Å². The van der Waals surface area contributed by atoms with Gasteiger partial charge in [-0.1, -0.05) is 72.8 Å². The average Bonchev–Trinajstić information content (AvgIpc) is 3.65. The van der Waals surface area contributed by atoms with Gasteiger partial charge in [-0.25, -0.2) is 4.79 Å². The third kappa shape index (κ3) is 14.5. The minimum absolute atomic E-state index is 0.00888. The summed E-state index contributed by atoms with van der Waals surface area (Å²) in [5.41, 5.74) is 10.3. The molecular formula is C50H59N9O12. The van der Waals surface area contributed by atoms with Crippen molar-refractivity contribution in [2.75, 3.05) is 13.1 Å². The van der Waals surface area contributed by atoms with Crippen LogP contribution in [0, 0.1) is 0 Å². The topological polar surface area (TPSA) is 328 Å². The molecule has 71 heavy (non-hydrogen) atoms. The molecule has 0 radical (unpaired) electrons. The van der Waals surface area contributed by atoms with Crippen LogP contribution in [0.4, 0.5) is 4.79 Å². The summed E-state index contributed by atoms with van der Waals surface area (Å²) in [6.07, 6.45) is -1.45. The highest BCUT2D eigenvalue weighted by atomic mass is 16.4. The number of hydrogen-bond acceptors (Lipinski definition) is 11. The van der Waals surface area contributed by atoms with E-state index in [-0.39, 0.29) is 36.8 Å². The standard InChI is InChI=1S/C50H59N9O12/c1-26(44(64)52-24-42(62)57-40(43(51)63)22-31-14-18-33(60)19-15-31)53-46(66)28(3)56-49(69)41(23-32-16-20-34(61)21-17-32)58-47(67)29(4)54-45(65)27(2)55-48(68)30(5)59(50(70)71)25-39-37-12-8-6-10-35(37)36-11-7-9-13-38(36)39/h6-21,26-30,39-41,60-61H,22-25H2,1-5H3,(H2,51,63)(H,52,64)(H,53,66)(H,54,65)(H,55,68)(H,56,69)(H,57,62)(H,58,67)(H,70,71)/t26-,27-,28-,29-,30-,40-,41-/m0/s1. The van der Waals surface area contributed by atoms with E-state index in [9.17, 15) is 58.5 Å². The Morgan fingerprint density at radius 1 is 0.521 bits per heavy atom. The first-order valence-electron chi connectivity index (χ1n) is 22.7. The Morgan fingerprint density at radius 2 is 0.930 bits per heavy atom. The molecule has 21 heteroatoms. The van der Waals surface area contributed by atoms with Crippen molar-refractivity contribution >= 4 is 53.4 Å². The van der Waals surface area contributed by atoms with Crippen LogP contribution in [-0.4, -0.2) is 129 Å². The number of rotatable bonds is 22. The molecule has 12 N–H and O–H groups in total. The number of amides is 9. The quantitative estimate of drug-likeness (QED) is 0.0518. The Bertz CT molecular complexity index is 2580.